The van der Waals surface area contributed by atoms with E-state index in [-0.39, 0.29) is 29.5 Å². The van der Waals surface area contributed by atoms with E-state index in [0.717, 1.165) is 15.7 Å². The van der Waals surface area contributed by atoms with Gasteiger partial charge in [-0.05, 0) is 54.4 Å². The predicted octanol–water partition coefficient (Wildman–Crippen LogP) is 3.00. The number of nitrogens with one attached hydrogen (secondary N) is 1. The summed E-state index contributed by atoms with van der Waals surface area (Å²) < 4.78 is 34.3. The quantitative estimate of drug-likeness (QED) is 0.745. The Balaban J connectivity index is 1.78. The Morgan fingerprint density at radius 3 is 2.67 bits per heavy atom. The summed E-state index contributed by atoms with van der Waals surface area (Å²) in [5, 5.41) is 13.2. The molecular weight excluding hydrogens is 432 g/mol. The number of benzene rings is 2. The van der Waals surface area contributed by atoms with Crippen molar-refractivity contribution in [2.45, 2.75) is 23.4 Å². The highest BCUT2D eigenvalue weighted by Crippen LogP contribution is 2.48. The fourth-order valence-electron chi connectivity index (χ4n) is 4.14. The molecule has 0 spiro atoms. The Hall–Kier alpha value is -1.61. The average Bonchev–Trinajstić information content (AvgIpc) is 3.14. The highest BCUT2D eigenvalue weighted by atomic mass is 79.9. The molecule has 0 unspecified atom stereocenters. The van der Waals surface area contributed by atoms with Gasteiger partial charge in [0.25, 0.3) is 0 Å². The van der Waals surface area contributed by atoms with E-state index in [4.69, 9.17) is 4.74 Å². The number of methoxy groups -OCH3 is 1. The Kier molecular flexibility index (Phi) is 4.92. The van der Waals surface area contributed by atoms with Gasteiger partial charge >= 0.3 is 0 Å². The van der Waals surface area contributed by atoms with Gasteiger partial charge in [0, 0.05) is 22.6 Å². The van der Waals surface area contributed by atoms with E-state index in [9.17, 15) is 13.5 Å². The minimum Gasteiger partial charge on any atom is -0.497 e. The molecule has 2 aliphatic heterocycles. The van der Waals surface area contributed by atoms with Crippen LogP contribution in [0.1, 0.15) is 18.0 Å². The van der Waals surface area contributed by atoms with Crippen LogP contribution in [0.5, 0.6) is 5.75 Å². The number of nitrogens with zero attached hydrogens (tertiary/aromatic N) is 1. The van der Waals surface area contributed by atoms with Crippen LogP contribution >= 0.6 is 15.9 Å². The Bertz CT molecular complexity index is 949. The average molecular weight is 453 g/mol. The summed E-state index contributed by atoms with van der Waals surface area (Å²) >= 11 is 3.49. The molecule has 3 atom stereocenters. The highest BCUT2D eigenvalue weighted by molar-refractivity contribution is 9.10. The smallest absolute Gasteiger partial charge is 0.243 e. The standard InChI is InChI=1S/C19H21BrN2O4S/c1-26-13-3-5-14(6-4-13)27(24,25)22-9-8-15-18(11-23)21-17-7-2-12(20)10-16(17)19(15)22/h2-7,10,15,18-19,21,23H,8-9,11H2,1H3/t15-,18-,19-/m0/s1. The zero-order chi connectivity index (χ0) is 19.2. The lowest BCUT2D eigenvalue weighted by atomic mass is 9.84. The van der Waals surface area contributed by atoms with Gasteiger partial charge in [-0.25, -0.2) is 8.42 Å². The van der Waals surface area contributed by atoms with Gasteiger partial charge in [0.2, 0.25) is 10.0 Å². The molecule has 1 fully saturated rings. The summed E-state index contributed by atoms with van der Waals surface area (Å²) in [6, 6.07) is 11.8. The minimum atomic E-state index is -3.67. The van der Waals surface area contributed by atoms with Crippen LogP contribution in [0.2, 0.25) is 0 Å². The van der Waals surface area contributed by atoms with E-state index in [1.165, 1.54) is 0 Å². The van der Waals surface area contributed by atoms with Crippen LogP contribution in [0.25, 0.3) is 0 Å². The Morgan fingerprint density at radius 2 is 2.00 bits per heavy atom. The predicted molar refractivity (Wildman–Crippen MR) is 106 cm³/mol. The number of fused-ring (bicyclic) bond motifs is 3. The number of ether oxygens (including phenoxy) is 1. The monoisotopic (exact) mass is 452 g/mol. The minimum absolute atomic E-state index is 0.0184. The van der Waals surface area contributed by atoms with Crippen LogP contribution in [-0.4, -0.2) is 44.1 Å². The molecular formula is C19H21BrN2O4S. The van der Waals surface area contributed by atoms with Gasteiger partial charge in [-0.1, -0.05) is 15.9 Å². The van der Waals surface area contributed by atoms with E-state index in [1.54, 1.807) is 35.7 Å². The van der Waals surface area contributed by atoms with Crippen LogP contribution < -0.4 is 10.1 Å². The molecule has 1 saturated heterocycles. The molecule has 6 nitrogen and oxygen atoms in total. The third-order valence-corrected chi connectivity index (χ3v) is 7.84. The molecule has 2 heterocycles. The van der Waals surface area contributed by atoms with Gasteiger partial charge < -0.3 is 15.2 Å². The second-order valence-electron chi connectivity index (χ2n) is 6.85. The van der Waals surface area contributed by atoms with Crippen molar-refractivity contribution in [1.82, 2.24) is 4.31 Å². The van der Waals surface area contributed by atoms with Gasteiger partial charge in [0.15, 0.2) is 0 Å². The zero-order valence-electron chi connectivity index (χ0n) is 14.8. The first-order valence-electron chi connectivity index (χ1n) is 8.78. The Labute approximate surface area is 167 Å². The molecule has 144 valence electrons. The van der Waals surface area contributed by atoms with Crippen LogP contribution in [-0.2, 0) is 10.0 Å². The van der Waals surface area contributed by atoms with Crippen molar-refractivity contribution in [3.8, 4) is 5.75 Å². The van der Waals surface area contributed by atoms with E-state index >= 15 is 0 Å². The molecule has 4 rings (SSSR count). The van der Waals surface area contributed by atoms with Gasteiger partial charge in [0.1, 0.15) is 5.75 Å². The SMILES string of the molecule is COc1ccc(S(=O)(=O)N2CC[C@H]3[C@H](CO)Nc4ccc(Br)cc4[C@H]32)cc1. The molecule has 0 bridgehead atoms. The van der Waals surface area contributed by atoms with Crippen LogP contribution in [0.15, 0.2) is 51.8 Å². The van der Waals surface area contributed by atoms with Crippen molar-refractivity contribution < 1.29 is 18.3 Å². The number of sulfonamides is 1. The normalized spacial score (nSPS) is 24.8. The van der Waals surface area contributed by atoms with E-state index < -0.39 is 10.0 Å². The van der Waals surface area contributed by atoms with Crippen LogP contribution in [0, 0.1) is 5.92 Å². The first-order valence-corrected chi connectivity index (χ1v) is 11.0. The molecule has 0 aromatic heterocycles. The van der Waals surface area contributed by atoms with E-state index in [0.29, 0.717) is 18.7 Å². The number of halogens is 1. The van der Waals surface area contributed by atoms with Gasteiger partial charge in [0.05, 0.1) is 30.7 Å². The first kappa shape index (κ1) is 18.7. The fraction of sp³-hybridized carbons (Fsp3) is 0.368. The lowest BCUT2D eigenvalue weighted by Crippen LogP contribution is -2.42. The largest absolute Gasteiger partial charge is 0.497 e. The molecule has 2 aromatic rings. The molecule has 8 heteroatoms. The molecule has 2 N–H and O–H groups in total. The van der Waals surface area contributed by atoms with E-state index in [2.05, 4.69) is 21.2 Å². The summed E-state index contributed by atoms with van der Waals surface area (Å²) in [6.45, 7) is 0.390. The van der Waals surface area contributed by atoms with Crippen molar-refractivity contribution in [3.05, 3.63) is 52.5 Å². The lowest BCUT2D eigenvalue weighted by Gasteiger charge is -2.38. The third kappa shape index (κ3) is 3.14. The second-order valence-corrected chi connectivity index (χ2v) is 9.66. The summed E-state index contributed by atoms with van der Waals surface area (Å²) in [5.74, 6) is 0.634. The fourth-order valence-corrected chi connectivity index (χ4v) is 6.19. The van der Waals surface area contributed by atoms with Crippen molar-refractivity contribution in [3.63, 3.8) is 0 Å². The third-order valence-electron chi connectivity index (χ3n) is 5.45. The number of aliphatic hydroxyl groups is 1. The molecule has 0 radical (unpaired) electrons. The Morgan fingerprint density at radius 1 is 1.26 bits per heavy atom. The highest BCUT2D eigenvalue weighted by Gasteiger charge is 2.48. The second kappa shape index (κ2) is 7.09. The topological polar surface area (TPSA) is 78.9 Å². The van der Waals surface area contributed by atoms with Crippen molar-refractivity contribution >= 4 is 31.6 Å². The number of rotatable bonds is 4. The summed E-state index contributed by atoms with van der Waals surface area (Å²) in [6.07, 6.45) is 0.699. The number of hydrogen-bond donors (Lipinski definition) is 2. The number of anilines is 1. The molecule has 2 aliphatic rings. The van der Waals surface area contributed by atoms with Crippen molar-refractivity contribution in [2.24, 2.45) is 5.92 Å². The summed E-state index contributed by atoms with van der Waals surface area (Å²) in [5.41, 5.74) is 1.81. The molecule has 0 amide bonds. The van der Waals surface area contributed by atoms with Crippen LogP contribution in [0.4, 0.5) is 5.69 Å². The van der Waals surface area contributed by atoms with Crippen molar-refractivity contribution in [1.29, 1.82) is 0 Å². The van der Waals surface area contributed by atoms with Gasteiger partial charge in [-0.15, -0.1) is 0 Å². The molecule has 0 aliphatic carbocycles. The van der Waals surface area contributed by atoms with Gasteiger partial charge in [-0.2, -0.15) is 4.31 Å². The maximum Gasteiger partial charge on any atom is 0.243 e. The molecule has 0 saturated carbocycles. The summed E-state index contributed by atoms with van der Waals surface area (Å²) in [7, 11) is -2.12. The van der Waals surface area contributed by atoms with Crippen LogP contribution in [0.3, 0.4) is 0 Å². The zero-order valence-corrected chi connectivity index (χ0v) is 17.2. The number of hydrogen-bond acceptors (Lipinski definition) is 5. The van der Waals surface area contributed by atoms with Crippen molar-refractivity contribution in [2.75, 3.05) is 25.6 Å². The maximum absolute atomic E-state index is 13.4. The summed E-state index contributed by atoms with van der Waals surface area (Å²) in [4.78, 5) is 0.250. The first-order chi connectivity index (χ1) is 13.0. The molecule has 2 aromatic carbocycles. The van der Waals surface area contributed by atoms with Gasteiger partial charge in [-0.3, -0.25) is 0 Å². The molecule has 27 heavy (non-hydrogen) atoms. The number of aliphatic hydroxyl groups excluding tert-OH is 1. The maximum atomic E-state index is 13.4. The van der Waals surface area contributed by atoms with E-state index in [1.807, 2.05) is 18.2 Å². The lowest BCUT2D eigenvalue weighted by molar-refractivity contribution is 0.210.